The number of nitrogens with zero attached hydrogens (tertiary/aromatic N) is 1. The van der Waals surface area contributed by atoms with E-state index in [0.29, 0.717) is 0 Å². The zero-order valence-electron chi connectivity index (χ0n) is 10.4. The van der Waals surface area contributed by atoms with Crippen molar-refractivity contribution in [2.24, 2.45) is 0 Å². The van der Waals surface area contributed by atoms with Crippen LogP contribution in [0.4, 0.5) is 14.5 Å². The number of benzene rings is 2. The van der Waals surface area contributed by atoms with E-state index in [4.69, 9.17) is 0 Å². The second-order valence-corrected chi connectivity index (χ2v) is 4.24. The van der Waals surface area contributed by atoms with Gasteiger partial charge in [0.25, 0.3) is 0 Å². The van der Waals surface area contributed by atoms with E-state index in [9.17, 15) is 13.6 Å². The monoisotopic (exact) mass is 261 g/mol. The van der Waals surface area contributed by atoms with Crippen molar-refractivity contribution in [3.8, 4) is 0 Å². The van der Waals surface area contributed by atoms with Gasteiger partial charge in [-0.25, -0.2) is 8.78 Å². The minimum atomic E-state index is -0.701. The molecule has 2 aromatic rings. The summed E-state index contributed by atoms with van der Waals surface area (Å²) in [5.74, 6) is -1.77. The van der Waals surface area contributed by atoms with Crippen LogP contribution in [0.2, 0.25) is 0 Å². The summed E-state index contributed by atoms with van der Waals surface area (Å²) in [6.07, 6.45) is 0. The maximum Gasteiger partial charge on any atom is 0.185 e. The van der Waals surface area contributed by atoms with Crippen molar-refractivity contribution in [3.63, 3.8) is 0 Å². The largest absolute Gasteiger partial charge is 0.367 e. The lowest BCUT2D eigenvalue weighted by Gasteiger charge is -2.18. The van der Waals surface area contributed by atoms with Gasteiger partial charge in [0.15, 0.2) is 5.78 Å². The van der Waals surface area contributed by atoms with Gasteiger partial charge in [-0.3, -0.25) is 4.79 Å². The molecule has 0 aliphatic heterocycles. The SMILES string of the molecule is CN(CC(=O)c1cc(F)ccc1F)c1ccccc1. The predicted molar refractivity (Wildman–Crippen MR) is 70.4 cm³/mol. The number of anilines is 1. The second-order valence-electron chi connectivity index (χ2n) is 4.24. The van der Waals surface area contributed by atoms with Gasteiger partial charge in [-0.15, -0.1) is 0 Å². The molecule has 0 fully saturated rings. The molecule has 0 spiro atoms. The van der Waals surface area contributed by atoms with Gasteiger partial charge in [0.05, 0.1) is 12.1 Å². The third-order valence-corrected chi connectivity index (χ3v) is 2.81. The number of Topliss-reactive ketones (excluding diaryl/α,β-unsaturated/α-hetero) is 1. The minimum absolute atomic E-state index is 0.00954. The number of halogens is 2. The lowest BCUT2D eigenvalue weighted by molar-refractivity contribution is 0.0996. The summed E-state index contributed by atoms with van der Waals surface area (Å²) >= 11 is 0. The molecule has 0 bridgehead atoms. The average molecular weight is 261 g/mol. The van der Waals surface area contributed by atoms with Crippen molar-refractivity contribution in [1.29, 1.82) is 0 Å². The number of rotatable bonds is 4. The van der Waals surface area contributed by atoms with Crippen LogP contribution in [-0.2, 0) is 0 Å². The molecule has 0 saturated carbocycles. The lowest BCUT2D eigenvalue weighted by Crippen LogP contribution is -2.26. The van der Waals surface area contributed by atoms with Gasteiger partial charge in [0, 0.05) is 12.7 Å². The maximum absolute atomic E-state index is 13.5. The molecular formula is C15H13F2NO. The number of carbonyl (C=O) groups is 1. The standard InChI is InChI=1S/C15H13F2NO/c1-18(12-5-3-2-4-6-12)10-15(19)13-9-11(16)7-8-14(13)17/h2-9H,10H2,1H3. The molecule has 0 aliphatic carbocycles. The summed E-state index contributed by atoms with van der Waals surface area (Å²) in [4.78, 5) is 13.6. The van der Waals surface area contributed by atoms with Crippen LogP contribution < -0.4 is 4.90 Å². The molecule has 4 heteroatoms. The summed E-state index contributed by atoms with van der Waals surface area (Å²) in [5, 5.41) is 0. The molecule has 19 heavy (non-hydrogen) atoms. The molecule has 98 valence electrons. The Morgan fingerprint density at radius 1 is 1.11 bits per heavy atom. The van der Waals surface area contributed by atoms with E-state index in [1.807, 2.05) is 30.3 Å². The van der Waals surface area contributed by atoms with Gasteiger partial charge >= 0.3 is 0 Å². The van der Waals surface area contributed by atoms with Gasteiger partial charge in [-0.05, 0) is 30.3 Å². The molecule has 0 unspecified atom stereocenters. The van der Waals surface area contributed by atoms with E-state index >= 15 is 0 Å². The normalized spacial score (nSPS) is 10.3. The van der Waals surface area contributed by atoms with Gasteiger partial charge in [-0.2, -0.15) is 0 Å². The van der Waals surface area contributed by atoms with Crippen molar-refractivity contribution in [2.45, 2.75) is 0 Å². The Morgan fingerprint density at radius 3 is 2.47 bits per heavy atom. The molecule has 0 atom stereocenters. The molecule has 2 aromatic carbocycles. The van der Waals surface area contributed by atoms with Gasteiger partial charge in [0.2, 0.25) is 0 Å². The van der Waals surface area contributed by atoms with Crippen molar-refractivity contribution < 1.29 is 13.6 Å². The van der Waals surface area contributed by atoms with E-state index in [0.717, 1.165) is 23.9 Å². The van der Waals surface area contributed by atoms with Crippen molar-refractivity contribution >= 4 is 11.5 Å². The Balaban J connectivity index is 2.15. The number of likely N-dealkylation sites (N-methyl/N-ethyl adjacent to an activating group) is 1. The zero-order valence-corrected chi connectivity index (χ0v) is 10.4. The van der Waals surface area contributed by atoms with Gasteiger partial charge in [-0.1, -0.05) is 18.2 Å². The minimum Gasteiger partial charge on any atom is -0.367 e. The van der Waals surface area contributed by atoms with Crippen LogP contribution in [0.3, 0.4) is 0 Å². The highest BCUT2D eigenvalue weighted by Crippen LogP contribution is 2.14. The number of ketones is 1. The van der Waals surface area contributed by atoms with Crippen molar-refractivity contribution in [3.05, 3.63) is 65.7 Å². The Bertz CT molecular complexity index is 584. The van der Waals surface area contributed by atoms with E-state index in [2.05, 4.69) is 0 Å². The number of carbonyl (C=O) groups excluding carboxylic acids is 1. The first-order valence-electron chi connectivity index (χ1n) is 5.82. The molecule has 2 rings (SSSR count). The van der Waals surface area contributed by atoms with E-state index in [1.54, 1.807) is 11.9 Å². The number of hydrogen-bond acceptors (Lipinski definition) is 2. The summed E-state index contributed by atoms with van der Waals surface area (Å²) in [5.41, 5.74) is 0.621. The Kier molecular flexibility index (Phi) is 3.90. The fourth-order valence-corrected chi connectivity index (χ4v) is 1.79. The molecule has 0 N–H and O–H groups in total. The summed E-state index contributed by atoms with van der Waals surface area (Å²) in [7, 11) is 1.73. The third-order valence-electron chi connectivity index (χ3n) is 2.81. The zero-order chi connectivity index (χ0) is 13.8. The Morgan fingerprint density at radius 2 is 1.79 bits per heavy atom. The van der Waals surface area contributed by atoms with Crippen LogP contribution in [0.25, 0.3) is 0 Å². The predicted octanol–water partition coefficient (Wildman–Crippen LogP) is 3.28. The Labute approximate surface area is 110 Å². The van der Waals surface area contributed by atoms with Gasteiger partial charge in [0.1, 0.15) is 11.6 Å². The van der Waals surface area contributed by atoms with Crippen LogP contribution in [0.15, 0.2) is 48.5 Å². The third kappa shape index (κ3) is 3.16. The first kappa shape index (κ1) is 13.2. The quantitative estimate of drug-likeness (QED) is 0.787. The number of para-hydroxylation sites is 1. The lowest BCUT2D eigenvalue weighted by atomic mass is 10.1. The average Bonchev–Trinajstić information content (AvgIpc) is 2.42. The molecular weight excluding hydrogens is 248 g/mol. The molecule has 0 amide bonds. The van der Waals surface area contributed by atoms with Crippen LogP contribution >= 0.6 is 0 Å². The fraction of sp³-hybridized carbons (Fsp3) is 0.133. The first-order chi connectivity index (χ1) is 9.08. The number of hydrogen-bond donors (Lipinski definition) is 0. The fourth-order valence-electron chi connectivity index (χ4n) is 1.79. The van der Waals surface area contributed by atoms with Crippen molar-refractivity contribution in [1.82, 2.24) is 0 Å². The molecule has 0 aromatic heterocycles. The topological polar surface area (TPSA) is 20.3 Å². The summed E-state index contributed by atoms with van der Waals surface area (Å²) < 4.78 is 26.5. The molecule has 2 nitrogen and oxygen atoms in total. The summed E-state index contributed by atoms with van der Waals surface area (Å²) in [6.45, 7) is -0.00954. The van der Waals surface area contributed by atoms with Crippen LogP contribution in [0.1, 0.15) is 10.4 Å². The molecule has 0 saturated heterocycles. The van der Waals surface area contributed by atoms with Crippen LogP contribution in [0.5, 0.6) is 0 Å². The van der Waals surface area contributed by atoms with Crippen LogP contribution in [-0.4, -0.2) is 19.4 Å². The Hall–Kier alpha value is -2.23. The maximum atomic E-state index is 13.5. The molecule has 0 aliphatic rings. The summed E-state index contributed by atoms with van der Waals surface area (Å²) in [6, 6.07) is 12.1. The van der Waals surface area contributed by atoms with E-state index in [-0.39, 0.29) is 12.1 Å². The highest BCUT2D eigenvalue weighted by atomic mass is 19.1. The second kappa shape index (κ2) is 5.61. The molecule has 0 heterocycles. The molecule has 0 radical (unpaired) electrons. The first-order valence-corrected chi connectivity index (χ1v) is 5.82. The smallest absolute Gasteiger partial charge is 0.185 e. The van der Waals surface area contributed by atoms with Gasteiger partial charge < -0.3 is 4.90 Å². The van der Waals surface area contributed by atoms with Crippen molar-refractivity contribution in [2.75, 3.05) is 18.5 Å². The highest BCUT2D eigenvalue weighted by molar-refractivity contribution is 5.99. The highest BCUT2D eigenvalue weighted by Gasteiger charge is 2.15. The van der Waals surface area contributed by atoms with E-state index in [1.165, 1.54) is 0 Å². The van der Waals surface area contributed by atoms with E-state index < -0.39 is 17.4 Å². The van der Waals surface area contributed by atoms with Crippen LogP contribution in [0, 0.1) is 11.6 Å².